The lowest BCUT2D eigenvalue weighted by molar-refractivity contribution is 1.12. The molecule has 1 aromatic carbocycles. The minimum atomic E-state index is 0.585. The Labute approximate surface area is 88.3 Å². The van der Waals surface area contributed by atoms with Crippen molar-refractivity contribution in [1.82, 2.24) is 0 Å². The maximum atomic E-state index is 8.90. The number of rotatable bonds is 2. The van der Waals surface area contributed by atoms with E-state index in [2.05, 4.69) is 28.4 Å². The predicted molar refractivity (Wildman–Crippen MR) is 60.2 cm³/mol. The molecule has 0 fully saturated rings. The summed E-state index contributed by atoms with van der Waals surface area (Å²) in [5.74, 6) is 0. The summed E-state index contributed by atoms with van der Waals surface area (Å²) in [5, 5.41) is 11.2. The standard InChI is InChI=1S/C10H9N3S/c1-13(2)10-4-3-9(12-7-14)5-8(10)6-11/h3-5H,1-2H3. The first kappa shape index (κ1) is 10.4. The van der Waals surface area contributed by atoms with Crippen LogP contribution in [0.25, 0.3) is 0 Å². The number of nitriles is 1. The number of anilines is 1. The van der Waals surface area contributed by atoms with Crippen molar-refractivity contribution in [2.45, 2.75) is 0 Å². The quantitative estimate of drug-likeness (QED) is 0.547. The maximum absolute atomic E-state index is 8.90. The lowest BCUT2D eigenvalue weighted by Crippen LogP contribution is -2.09. The van der Waals surface area contributed by atoms with Gasteiger partial charge < -0.3 is 4.90 Å². The van der Waals surface area contributed by atoms with Gasteiger partial charge in [0.2, 0.25) is 0 Å². The minimum absolute atomic E-state index is 0.585. The molecule has 0 unspecified atom stereocenters. The molecular formula is C10H9N3S. The van der Waals surface area contributed by atoms with E-state index in [0.29, 0.717) is 11.3 Å². The van der Waals surface area contributed by atoms with Crippen molar-refractivity contribution in [3.8, 4) is 6.07 Å². The Balaban J connectivity index is 3.26. The second-order valence-corrected chi connectivity index (χ2v) is 3.09. The topological polar surface area (TPSA) is 39.4 Å². The Kier molecular flexibility index (Phi) is 3.35. The molecule has 0 aromatic heterocycles. The summed E-state index contributed by atoms with van der Waals surface area (Å²) >= 11 is 4.49. The molecule has 0 bridgehead atoms. The van der Waals surface area contributed by atoms with Crippen LogP contribution in [0.3, 0.4) is 0 Å². The van der Waals surface area contributed by atoms with Crippen LogP contribution in [-0.4, -0.2) is 19.3 Å². The van der Waals surface area contributed by atoms with E-state index in [0.717, 1.165) is 5.69 Å². The zero-order valence-corrected chi connectivity index (χ0v) is 8.80. The van der Waals surface area contributed by atoms with Crippen molar-refractivity contribution in [1.29, 1.82) is 5.26 Å². The van der Waals surface area contributed by atoms with E-state index in [1.54, 1.807) is 12.1 Å². The first-order valence-corrected chi connectivity index (χ1v) is 4.39. The molecule has 0 saturated carbocycles. The lowest BCUT2D eigenvalue weighted by atomic mass is 10.1. The number of hydrogen-bond acceptors (Lipinski definition) is 4. The molecule has 14 heavy (non-hydrogen) atoms. The molecule has 0 amide bonds. The van der Waals surface area contributed by atoms with E-state index in [4.69, 9.17) is 5.26 Å². The first-order chi connectivity index (χ1) is 6.69. The van der Waals surface area contributed by atoms with Gasteiger partial charge in [0.1, 0.15) is 6.07 Å². The Morgan fingerprint density at radius 3 is 2.64 bits per heavy atom. The second-order valence-electron chi connectivity index (χ2n) is 2.91. The molecule has 0 radical (unpaired) electrons. The Morgan fingerprint density at radius 2 is 2.14 bits per heavy atom. The summed E-state index contributed by atoms with van der Waals surface area (Å²) in [7, 11) is 3.77. The first-order valence-electron chi connectivity index (χ1n) is 3.98. The van der Waals surface area contributed by atoms with Crippen molar-refractivity contribution in [2.75, 3.05) is 19.0 Å². The third-order valence-corrected chi connectivity index (χ3v) is 1.85. The highest BCUT2D eigenvalue weighted by atomic mass is 32.1. The summed E-state index contributed by atoms with van der Waals surface area (Å²) < 4.78 is 0. The third kappa shape index (κ3) is 2.17. The van der Waals surface area contributed by atoms with E-state index >= 15 is 0 Å². The molecule has 1 rings (SSSR count). The average molecular weight is 203 g/mol. The molecule has 70 valence electrons. The van der Waals surface area contributed by atoms with Gasteiger partial charge in [0.25, 0.3) is 0 Å². The number of nitrogens with zero attached hydrogens (tertiary/aromatic N) is 3. The molecular weight excluding hydrogens is 194 g/mol. The number of hydrogen-bond donors (Lipinski definition) is 0. The van der Waals surface area contributed by atoms with Crippen LogP contribution in [-0.2, 0) is 0 Å². The zero-order valence-electron chi connectivity index (χ0n) is 7.98. The Morgan fingerprint density at radius 1 is 1.43 bits per heavy atom. The van der Waals surface area contributed by atoms with Gasteiger partial charge in [0, 0.05) is 14.1 Å². The van der Waals surface area contributed by atoms with E-state index in [9.17, 15) is 0 Å². The van der Waals surface area contributed by atoms with Gasteiger partial charge in [0.15, 0.2) is 0 Å². The number of aliphatic imine (C=N–C) groups is 1. The van der Waals surface area contributed by atoms with Crippen LogP contribution in [0, 0.1) is 11.3 Å². The van der Waals surface area contributed by atoms with Crippen molar-refractivity contribution >= 4 is 28.8 Å². The molecule has 4 heteroatoms. The second kappa shape index (κ2) is 4.52. The molecule has 0 atom stereocenters. The van der Waals surface area contributed by atoms with Crippen LogP contribution < -0.4 is 4.90 Å². The SMILES string of the molecule is CN(C)c1ccc(N=C=S)cc1C#N. The summed E-state index contributed by atoms with van der Waals surface area (Å²) in [6, 6.07) is 7.44. The molecule has 0 N–H and O–H groups in total. The van der Waals surface area contributed by atoms with Crippen LogP contribution in [0.4, 0.5) is 11.4 Å². The fraction of sp³-hybridized carbons (Fsp3) is 0.200. The van der Waals surface area contributed by atoms with Gasteiger partial charge >= 0.3 is 0 Å². The summed E-state index contributed by atoms with van der Waals surface area (Å²) in [6.45, 7) is 0. The van der Waals surface area contributed by atoms with Gasteiger partial charge in [-0.2, -0.15) is 10.3 Å². The fourth-order valence-electron chi connectivity index (χ4n) is 1.13. The van der Waals surface area contributed by atoms with Crippen molar-refractivity contribution in [3.63, 3.8) is 0 Å². The normalized spacial score (nSPS) is 8.64. The molecule has 0 aliphatic heterocycles. The third-order valence-electron chi connectivity index (χ3n) is 1.76. The van der Waals surface area contributed by atoms with Gasteiger partial charge in [-0.15, -0.1) is 0 Å². The zero-order chi connectivity index (χ0) is 10.6. The average Bonchev–Trinajstić information content (AvgIpc) is 2.17. The maximum Gasteiger partial charge on any atom is 0.101 e. The highest BCUT2D eigenvalue weighted by molar-refractivity contribution is 7.78. The molecule has 3 nitrogen and oxygen atoms in total. The van der Waals surface area contributed by atoms with Gasteiger partial charge in [0.05, 0.1) is 22.1 Å². The molecule has 1 aromatic rings. The van der Waals surface area contributed by atoms with Crippen molar-refractivity contribution < 1.29 is 0 Å². The van der Waals surface area contributed by atoms with Gasteiger partial charge in [-0.05, 0) is 30.4 Å². The molecule has 0 saturated heterocycles. The van der Waals surface area contributed by atoms with Crippen molar-refractivity contribution in [2.24, 2.45) is 4.99 Å². The van der Waals surface area contributed by atoms with Crippen LogP contribution in [0.5, 0.6) is 0 Å². The summed E-state index contributed by atoms with van der Waals surface area (Å²) in [4.78, 5) is 5.69. The van der Waals surface area contributed by atoms with Gasteiger partial charge in [-0.25, -0.2) is 0 Å². The highest BCUT2D eigenvalue weighted by Crippen LogP contribution is 2.23. The Bertz CT molecular complexity index is 425. The highest BCUT2D eigenvalue weighted by Gasteiger charge is 2.04. The van der Waals surface area contributed by atoms with Crippen molar-refractivity contribution in [3.05, 3.63) is 23.8 Å². The fourth-order valence-corrected chi connectivity index (χ4v) is 1.23. The van der Waals surface area contributed by atoms with E-state index in [-0.39, 0.29) is 0 Å². The lowest BCUT2D eigenvalue weighted by Gasteiger charge is -2.13. The molecule has 0 aliphatic rings. The van der Waals surface area contributed by atoms with E-state index in [1.165, 1.54) is 0 Å². The molecule has 0 aliphatic carbocycles. The summed E-state index contributed by atoms with van der Waals surface area (Å²) in [6.07, 6.45) is 0. The number of thiocarbonyl (C=S) groups is 1. The van der Waals surface area contributed by atoms with E-state index in [1.807, 2.05) is 25.1 Å². The Hall–Kier alpha value is -1.69. The molecule has 0 heterocycles. The van der Waals surface area contributed by atoms with Crippen LogP contribution in [0.1, 0.15) is 5.56 Å². The number of benzene rings is 1. The van der Waals surface area contributed by atoms with Crippen LogP contribution >= 0.6 is 12.2 Å². The number of isothiocyanates is 1. The van der Waals surface area contributed by atoms with Gasteiger partial charge in [-0.1, -0.05) is 0 Å². The van der Waals surface area contributed by atoms with E-state index < -0.39 is 0 Å². The smallest absolute Gasteiger partial charge is 0.101 e. The van der Waals surface area contributed by atoms with Gasteiger partial charge in [-0.3, -0.25) is 0 Å². The largest absolute Gasteiger partial charge is 0.377 e. The minimum Gasteiger partial charge on any atom is -0.377 e. The monoisotopic (exact) mass is 203 g/mol. The van der Waals surface area contributed by atoms with Crippen LogP contribution in [0.2, 0.25) is 0 Å². The van der Waals surface area contributed by atoms with Crippen LogP contribution in [0.15, 0.2) is 23.2 Å². The summed E-state index contributed by atoms with van der Waals surface area (Å²) in [5.41, 5.74) is 2.11. The predicted octanol–water partition coefficient (Wildman–Crippen LogP) is 2.36. The molecule has 0 spiro atoms.